The highest BCUT2D eigenvalue weighted by Gasteiger charge is 2.31. The number of benzene rings is 2. The normalized spacial score (nSPS) is 11.0. The number of amides is 2. The molecule has 172 valence electrons. The number of anilines is 1. The van der Waals surface area contributed by atoms with E-state index in [1.807, 2.05) is 0 Å². The molecule has 0 bridgehead atoms. The Morgan fingerprint density at radius 1 is 1.09 bits per heavy atom. The lowest BCUT2D eigenvalue weighted by atomic mass is 10.1. The summed E-state index contributed by atoms with van der Waals surface area (Å²) in [4.78, 5) is 40.7. The Hall–Kier alpha value is -3.73. The maximum Gasteiger partial charge on any atom is 0.416 e. The van der Waals surface area contributed by atoms with Crippen LogP contribution in [0.1, 0.15) is 37.5 Å². The third kappa shape index (κ3) is 6.62. The summed E-state index contributed by atoms with van der Waals surface area (Å²) in [7, 11) is 1.19. The van der Waals surface area contributed by atoms with Crippen molar-refractivity contribution >= 4 is 34.8 Å². The van der Waals surface area contributed by atoms with Gasteiger partial charge in [0.15, 0.2) is 0 Å². The fraction of sp³-hybridized carbons (Fsp3) is 0.182. The number of nitrogens with zero attached hydrogens (tertiary/aromatic N) is 1. The number of nitrogens with one attached hydrogen (secondary N) is 2. The predicted molar refractivity (Wildman–Crippen MR) is 115 cm³/mol. The number of hydrogen-bond acceptors (Lipinski definition) is 6. The zero-order chi connectivity index (χ0) is 24.0. The highest BCUT2D eigenvalue weighted by atomic mass is 32.1. The number of thiazole rings is 1. The van der Waals surface area contributed by atoms with Crippen molar-refractivity contribution in [2.45, 2.75) is 19.1 Å². The number of aromatic nitrogens is 1. The van der Waals surface area contributed by atoms with Gasteiger partial charge >= 0.3 is 12.1 Å². The van der Waals surface area contributed by atoms with Gasteiger partial charge in [0.25, 0.3) is 5.91 Å². The van der Waals surface area contributed by atoms with E-state index in [9.17, 15) is 27.6 Å². The van der Waals surface area contributed by atoms with E-state index in [1.54, 1.807) is 10.9 Å². The van der Waals surface area contributed by atoms with E-state index in [0.29, 0.717) is 11.3 Å². The van der Waals surface area contributed by atoms with Crippen LogP contribution < -0.4 is 10.6 Å². The van der Waals surface area contributed by atoms with Crippen LogP contribution in [0.15, 0.2) is 53.4 Å². The summed E-state index contributed by atoms with van der Waals surface area (Å²) in [6.45, 7) is 0.0419. The highest BCUT2D eigenvalue weighted by molar-refractivity contribution is 7.07. The summed E-state index contributed by atoms with van der Waals surface area (Å²) in [6.07, 6.45) is -4.51. The molecule has 2 aromatic carbocycles. The Kier molecular flexibility index (Phi) is 7.44. The van der Waals surface area contributed by atoms with Crippen LogP contribution in [0.3, 0.4) is 0 Å². The number of ether oxygens (including phenoxy) is 1. The van der Waals surface area contributed by atoms with Crippen molar-refractivity contribution in [3.8, 4) is 0 Å². The van der Waals surface area contributed by atoms with Gasteiger partial charge in [-0.05, 0) is 42.0 Å². The Morgan fingerprint density at radius 3 is 2.55 bits per heavy atom. The first-order valence-corrected chi connectivity index (χ1v) is 10.4. The lowest BCUT2D eigenvalue weighted by Crippen LogP contribution is -2.25. The molecule has 0 atom stereocenters. The number of rotatable bonds is 7. The van der Waals surface area contributed by atoms with E-state index in [4.69, 9.17) is 4.74 Å². The number of halogens is 3. The zero-order valence-corrected chi connectivity index (χ0v) is 18.0. The minimum Gasteiger partial charge on any atom is -0.465 e. The minimum atomic E-state index is -4.59. The van der Waals surface area contributed by atoms with Crippen molar-refractivity contribution in [3.05, 3.63) is 81.3 Å². The average Bonchev–Trinajstić information content (AvgIpc) is 3.29. The first-order chi connectivity index (χ1) is 15.7. The molecule has 0 aliphatic heterocycles. The maximum absolute atomic E-state index is 12.9. The largest absolute Gasteiger partial charge is 0.465 e. The second kappa shape index (κ2) is 10.3. The van der Waals surface area contributed by atoms with E-state index in [0.717, 1.165) is 18.2 Å². The summed E-state index contributed by atoms with van der Waals surface area (Å²) < 4.78 is 43.5. The first-order valence-electron chi connectivity index (χ1n) is 9.50. The van der Waals surface area contributed by atoms with E-state index in [-0.39, 0.29) is 35.7 Å². The molecular formula is C22H18F3N3O4S. The van der Waals surface area contributed by atoms with E-state index < -0.39 is 23.6 Å². The third-order valence-corrected chi connectivity index (χ3v) is 5.07. The molecule has 33 heavy (non-hydrogen) atoms. The Labute approximate surface area is 190 Å². The summed E-state index contributed by atoms with van der Waals surface area (Å²) in [5, 5.41) is 6.93. The van der Waals surface area contributed by atoms with E-state index in [2.05, 4.69) is 15.6 Å². The van der Waals surface area contributed by atoms with Gasteiger partial charge in [0.1, 0.15) is 0 Å². The van der Waals surface area contributed by atoms with Crippen LogP contribution >= 0.6 is 11.3 Å². The van der Waals surface area contributed by atoms with Gasteiger partial charge in [-0.15, -0.1) is 11.3 Å². The molecule has 2 amide bonds. The van der Waals surface area contributed by atoms with Crippen LogP contribution in [-0.2, 0) is 28.7 Å². The molecule has 11 heteroatoms. The zero-order valence-electron chi connectivity index (χ0n) is 17.2. The van der Waals surface area contributed by atoms with Gasteiger partial charge in [0, 0.05) is 23.2 Å². The lowest BCUT2D eigenvalue weighted by molar-refractivity contribution is -0.137. The van der Waals surface area contributed by atoms with Gasteiger partial charge in [-0.2, -0.15) is 13.2 Å². The van der Waals surface area contributed by atoms with Gasteiger partial charge in [0.05, 0.1) is 35.9 Å². The number of esters is 1. The summed E-state index contributed by atoms with van der Waals surface area (Å²) in [5.41, 5.74) is 1.81. The van der Waals surface area contributed by atoms with Gasteiger partial charge < -0.3 is 15.4 Å². The molecule has 1 aromatic heterocycles. The van der Waals surface area contributed by atoms with Crippen molar-refractivity contribution in [3.63, 3.8) is 0 Å². The molecule has 3 aromatic rings. The van der Waals surface area contributed by atoms with Gasteiger partial charge in [0.2, 0.25) is 5.91 Å². The van der Waals surface area contributed by atoms with Crippen molar-refractivity contribution in [1.82, 2.24) is 10.3 Å². The fourth-order valence-electron chi connectivity index (χ4n) is 2.89. The van der Waals surface area contributed by atoms with Crippen LogP contribution in [0, 0.1) is 0 Å². The lowest BCUT2D eigenvalue weighted by Gasteiger charge is -2.12. The Bertz CT molecular complexity index is 1160. The number of carbonyl (C=O) groups excluding carboxylic acids is 3. The van der Waals surface area contributed by atoms with Crippen molar-refractivity contribution in [1.29, 1.82) is 0 Å². The molecule has 1 heterocycles. The molecule has 0 saturated heterocycles. The molecule has 0 unspecified atom stereocenters. The van der Waals surface area contributed by atoms with Gasteiger partial charge in [-0.25, -0.2) is 9.78 Å². The van der Waals surface area contributed by atoms with Crippen LogP contribution in [0.2, 0.25) is 0 Å². The SMILES string of the molecule is COC(=O)c1cc(CNC(=O)Cc2cscn2)cc(NC(=O)c2cccc(C(F)(F)F)c2)c1. The average molecular weight is 477 g/mol. The number of hydrogen-bond donors (Lipinski definition) is 2. The molecule has 0 aliphatic rings. The number of alkyl halides is 3. The topological polar surface area (TPSA) is 97.4 Å². The third-order valence-electron chi connectivity index (χ3n) is 4.44. The number of carbonyl (C=O) groups is 3. The molecule has 0 saturated carbocycles. The molecule has 0 spiro atoms. The highest BCUT2D eigenvalue weighted by Crippen LogP contribution is 2.29. The van der Waals surface area contributed by atoms with E-state index >= 15 is 0 Å². The number of methoxy groups -OCH3 is 1. The van der Waals surface area contributed by atoms with Crippen LogP contribution in [0.5, 0.6) is 0 Å². The maximum atomic E-state index is 12.9. The van der Waals surface area contributed by atoms with Crippen molar-refractivity contribution < 1.29 is 32.3 Å². The fourth-order valence-corrected chi connectivity index (χ4v) is 3.45. The first kappa shape index (κ1) is 23.9. The second-order valence-corrected chi connectivity index (χ2v) is 7.59. The molecule has 0 radical (unpaired) electrons. The molecule has 0 aliphatic carbocycles. The van der Waals surface area contributed by atoms with E-state index in [1.165, 1.54) is 42.7 Å². The Morgan fingerprint density at radius 2 is 1.88 bits per heavy atom. The summed E-state index contributed by atoms with van der Waals surface area (Å²) >= 11 is 1.37. The summed E-state index contributed by atoms with van der Waals surface area (Å²) in [5.74, 6) is -1.76. The predicted octanol–water partition coefficient (Wildman–Crippen LogP) is 4.06. The smallest absolute Gasteiger partial charge is 0.416 e. The monoisotopic (exact) mass is 477 g/mol. The molecule has 3 rings (SSSR count). The second-order valence-electron chi connectivity index (χ2n) is 6.88. The van der Waals surface area contributed by atoms with Crippen LogP contribution in [0.4, 0.5) is 18.9 Å². The van der Waals surface area contributed by atoms with Crippen molar-refractivity contribution in [2.24, 2.45) is 0 Å². The Balaban J connectivity index is 1.77. The molecule has 0 fully saturated rings. The van der Waals surface area contributed by atoms with Crippen LogP contribution in [-0.4, -0.2) is 29.9 Å². The molecule has 2 N–H and O–H groups in total. The standard InChI is InChI=1S/C22H18F3N3O4S/c1-32-21(31)15-5-13(10-26-19(29)9-18-11-33-12-27-18)6-17(8-15)28-20(30)14-3-2-4-16(7-14)22(23,24)25/h2-8,11-12H,9-10H2,1H3,(H,26,29)(H,28,30). The summed E-state index contributed by atoms with van der Waals surface area (Å²) in [6, 6.07) is 8.29. The molecule has 7 nitrogen and oxygen atoms in total. The van der Waals surface area contributed by atoms with Gasteiger partial charge in [-0.1, -0.05) is 6.07 Å². The quantitative estimate of drug-likeness (QED) is 0.501. The van der Waals surface area contributed by atoms with Crippen LogP contribution in [0.25, 0.3) is 0 Å². The van der Waals surface area contributed by atoms with Gasteiger partial charge in [-0.3, -0.25) is 9.59 Å². The molecular weight excluding hydrogens is 459 g/mol. The van der Waals surface area contributed by atoms with Crippen molar-refractivity contribution in [2.75, 3.05) is 12.4 Å². The minimum absolute atomic E-state index is 0.0419.